The van der Waals surface area contributed by atoms with Gasteiger partial charge in [-0.25, -0.2) is 0 Å². The molecule has 0 fully saturated rings. The number of esters is 1. The number of benzene rings is 1. The Kier molecular flexibility index (Phi) is 5.30. The molecular formula is C14H14N2O4. The molecule has 2 amide bonds. The smallest absolute Gasteiger partial charge is 0.308 e. The number of hydrogen-bond acceptors (Lipinski definition) is 4. The van der Waals surface area contributed by atoms with Crippen molar-refractivity contribution in [1.29, 1.82) is 0 Å². The number of amides is 2. The molecule has 1 aromatic rings. The van der Waals surface area contributed by atoms with Gasteiger partial charge in [0.05, 0.1) is 0 Å². The second-order valence-corrected chi connectivity index (χ2v) is 3.95. The van der Waals surface area contributed by atoms with Crippen molar-refractivity contribution in [3.05, 3.63) is 29.8 Å². The van der Waals surface area contributed by atoms with Crippen LogP contribution in [0.5, 0.6) is 5.75 Å². The standard InChI is InChI=1S/C14H14N2O4/c1-3-4-12(13(15)18)16-14(19)10-5-7-11(8-6-10)20-9(2)17/h1,5-8,12H,4H2,2H3,(H2,15,18)(H,16,19)/t12-/m1/s1. The van der Waals surface area contributed by atoms with Gasteiger partial charge in [-0.3, -0.25) is 14.4 Å². The normalized spacial score (nSPS) is 11.0. The van der Waals surface area contributed by atoms with Gasteiger partial charge < -0.3 is 15.8 Å². The second kappa shape index (κ2) is 6.95. The van der Waals surface area contributed by atoms with Crippen LogP contribution in [0, 0.1) is 12.3 Å². The van der Waals surface area contributed by atoms with E-state index in [1.54, 1.807) is 0 Å². The van der Waals surface area contributed by atoms with E-state index in [1.165, 1.54) is 31.2 Å². The van der Waals surface area contributed by atoms with Gasteiger partial charge in [-0.2, -0.15) is 0 Å². The number of nitrogens with two attached hydrogens (primary N) is 1. The van der Waals surface area contributed by atoms with Gasteiger partial charge in [-0.05, 0) is 24.3 Å². The van der Waals surface area contributed by atoms with E-state index in [4.69, 9.17) is 16.9 Å². The SMILES string of the molecule is C#CC[C@@H](NC(=O)c1ccc(OC(C)=O)cc1)C(N)=O. The first-order chi connectivity index (χ1) is 9.43. The molecule has 0 aliphatic carbocycles. The zero-order valence-electron chi connectivity index (χ0n) is 10.9. The van der Waals surface area contributed by atoms with Crippen molar-refractivity contribution in [2.75, 3.05) is 0 Å². The Bertz CT molecular complexity index is 558. The average Bonchev–Trinajstić information content (AvgIpc) is 2.38. The Morgan fingerprint density at radius 1 is 1.35 bits per heavy atom. The van der Waals surface area contributed by atoms with E-state index in [0.717, 1.165) is 0 Å². The zero-order valence-corrected chi connectivity index (χ0v) is 10.9. The highest BCUT2D eigenvalue weighted by molar-refractivity contribution is 5.97. The topological polar surface area (TPSA) is 98.5 Å². The number of rotatable bonds is 5. The van der Waals surface area contributed by atoms with Crippen LogP contribution in [-0.2, 0) is 9.59 Å². The third-order valence-electron chi connectivity index (χ3n) is 2.35. The van der Waals surface area contributed by atoms with E-state index in [0.29, 0.717) is 11.3 Å². The van der Waals surface area contributed by atoms with Crippen molar-refractivity contribution in [2.24, 2.45) is 5.73 Å². The lowest BCUT2D eigenvalue weighted by Crippen LogP contribution is -2.44. The summed E-state index contributed by atoms with van der Waals surface area (Å²) in [6.45, 7) is 1.28. The average molecular weight is 274 g/mol. The number of primary amides is 1. The van der Waals surface area contributed by atoms with Crippen molar-refractivity contribution in [3.63, 3.8) is 0 Å². The molecule has 3 N–H and O–H groups in total. The molecule has 0 aliphatic rings. The van der Waals surface area contributed by atoms with Crippen LogP contribution >= 0.6 is 0 Å². The summed E-state index contributed by atoms with van der Waals surface area (Å²) in [6, 6.07) is 4.94. The van der Waals surface area contributed by atoms with E-state index in [9.17, 15) is 14.4 Å². The summed E-state index contributed by atoms with van der Waals surface area (Å²) in [5, 5.41) is 2.43. The number of ether oxygens (including phenoxy) is 1. The Labute approximate surface area is 116 Å². The molecule has 0 saturated heterocycles. The van der Waals surface area contributed by atoms with Crippen LogP contribution in [0.1, 0.15) is 23.7 Å². The first-order valence-electron chi connectivity index (χ1n) is 5.76. The van der Waals surface area contributed by atoms with Gasteiger partial charge >= 0.3 is 5.97 Å². The molecule has 1 rings (SSSR count). The monoisotopic (exact) mass is 274 g/mol. The molecule has 0 spiro atoms. The molecular weight excluding hydrogens is 260 g/mol. The molecule has 0 aliphatic heterocycles. The summed E-state index contributed by atoms with van der Waals surface area (Å²) in [4.78, 5) is 33.7. The molecule has 6 heteroatoms. The predicted octanol–water partition coefficient (Wildman–Crippen LogP) is 0.219. The Morgan fingerprint density at radius 3 is 2.40 bits per heavy atom. The minimum atomic E-state index is -0.916. The van der Waals surface area contributed by atoms with Gasteiger partial charge in [0.1, 0.15) is 11.8 Å². The Morgan fingerprint density at radius 2 is 1.95 bits per heavy atom. The molecule has 20 heavy (non-hydrogen) atoms. The van der Waals surface area contributed by atoms with Gasteiger partial charge in [-0.15, -0.1) is 12.3 Å². The minimum Gasteiger partial charge on any atom is -0.427 e. The molecule has 0 saturated carbocycles. The van der Waals surface area contributed by atoms with Crippen LogP contribution in [-0.4, -0.2) is 23.8 Å². The van der Waals surface area contributed by atoms with Crippen LogP contribution in [0.4, 0.5) is 0 Å². The van der Waals surface area contributed by atoms with E-state index in [2.05, 4.69) is 11.2 Å². The summed E-state index contributed by atoms with van der Waals surface area (Å²) in [7, 11) is 0. The number of nitrogens with one attached hydrogen (secondary N) is 1. The third-order valence-corrected chi connectivity index (χ3v) is 2.35. The summed E-state index contributed by atoms with van der Waals surface area (Å²) in [5.74, 6) is 0.945. The molecule has 1 aromatic carbocycles. The lowest BCUT2D eigenvalue weighted by molar-refractivity contribution is -0.131. The number of hydrogen-bond donors (Lipinski definition) is 2. The summed E-state index contributed by atoms with van der Waals surface area (Å²) in [5.41, 5.74) is 5.42. The van der Waals surface area contributed by atoms with Crippen molar-refractivity contribution >= 4 is 17.8 Å². The van der Waals surface area contributed by atoms with Crippen molar-refractivity contribution < 1.29 is 19.1 Å². The highest BCUT2D eigenvalue weighted by Crippen LogP contribution is 2.12. The van der Waals surface area contributed by atoms with Gasteiger partial charge in [-0.1, -0.05) is 0 Å². The maximum Gasteiger partial charge on any atom is 0.308 e. The van der Waals surface area contributed by atoms with Crippen molar-refractivity contribution in [1.82, 2.24) is 5.32 Å². The maximum atomic E-state index is 11.9. The largest absolute Gasteiger partial charge is 0.427 e. The van der Waals surface area contributed by atoms with Gasteiger partial charge in [0.25, 0.3) is 5.91 Å². The fourth-order valence-corrected chi connectivity index (χ4v) is 1.42. The first kappa shape index (κ1) is 15.2. The van der Waals surface area contributed by atoms with Gasteiger partial charge in [0.2, 0.25) is 5.91 Å². The van der Waals surface area contributed by atoms with E-state index in [1.807, 2.05) is 0 Å². The van der Waals surface area contributed by atoms with E-state index < -0.39 is 23.8 Å². The Hall–Kier alpha value is -2.81. The van der Waals surface area contributed by atoms with Crippen LogP contribution in [0.25, 0.3) is 0 Å². The number of carbonyl (C=O) groups is 3. The highest BCUT2D eigenvalue weighted by Gasteiger charge is 2.17. The zero-order chi connectivity index (χ0) is 15.1. The summed E-state index contributed by atoms with van der Waals surface area (Å²) in [6.07, 6.45) is 5.11. The summed E-state index contributed by atoms with van der Waals surface area (Å²) < 4.78 is 4.84. The summed E-state index contributed by atoms with van der Waals surface area (Å²) >= 11 is 0. The van der Waals surface area contributed by atoms with Crippen molar-refractivity contribution in [3.8, 4) is 18.1 Å². The number of carbonyl (C=O) groups excluding carboxylic acids is 3. The van der Waals surface area contributed by atoms with Crippen LogP contribution in [0.3, 0.4) is 0 Å². The van der Waals surface area contributed by atoms with Gasteiger partial charge in [0.15, 0.2) is 0 Å². The van der Waals surface area contributed by atoms with E-state index in [-0.39, 0.29) is 6.42 Å². The van der Waals surface area contributed by atoms with Crippen molar-refractivity contribution in [2.45, 2.75) is 19.4 Å². The molecule has 104 valence electrons. The van der Waals surface area contributed by atoms with E-state index >= 15 is 0 Å². The quantitative estimate of drug-likeness (QED) is 0.456. The maximum absolute atomic E-state index is 11.9. The predicted molar refractivity (Wildman–Crippen MR) is 71.6 cm³/mol. The molecule has 0 unspecified atom stereocenters. The molecule has 0 aromatic heterocycles. The fourth-order valence-electron chi connectivity index (χ4n) is 1.42. The molecule has 0 radical (unpaired) electrons. The van der Waals surface area contributed by atoms with Crippen LogP contribution < -0.4 is 15.8 Å². The molecule has 0 heterocycles. The lowest BCUT2D eigenvalue weighted by Gasteiger charge is -2.12. The van der Waals surface area contributed by atoms with Crippen LogP contribution in [0.2, 0.25) is 0 Å². The molecule has 0 bridgehead atoms. The third kappa shape index (κ3) is 4.46. The van der Waals surface area contributed by atoms with Crippen LogP contribution in [0.15, 0.2) is 24.3 Å². The molecule has 1 atom stereocenters. The fraction of sp³-hybridized carbons (Fsp3) is 0.214. The lowest BCUT2D eigenvalue weighted by atomic mass is 10.1. The Balaban J connectivity index is 2.75. The second-order valence-electron chi connectivity index (χ2n) is 3.95. The first-order valence-corrected chi connectivity index (χ1v) is 5.76. The van der Waals surface area contributed by atoms with Gasteiger partial charge in [0, 0.05) is 18.9 Å². The molecule has 6 nitrogen and oxygen atoms in total. The minimum absolute atomic E-state index is 0.0204. The highest BCUT2D eigenvalue weighted by atomic mass is 16.5. The number of terminal acetylenes is 1.